The molecule has 0 heterocycles. The number of aliphatic imine (C=N–C) groups is 1. The molecule has 3 nitrogen and oxygen atoms in total. The van der Waals surface area contributed by atoms with Crippen molar-refractivity contribution in [3.05, 3.63) is 30.3 Å². The van der Waals surface area contributed by atoms with Gasteiger partial charge in [-0.3, -0.25) is 0 Å². The van der Waals surface area contributed by atoms with Crippen LogP contribution >= 0.6 is 11.8 Å². The summed E-state index contributed by atoms with van der Waals surface area (Å²) in [7, 11) is 0. The van der Waals surface area contributed by atoms with Crippen molar-refractivity contribution in [3.63, 3.8) is 0 Å². The predicted molar refractivity (Wildman–Crippen MR) is 78.0 cm³/mol. The number of benzene rings is 1. The van der Waals surface area contributed by atoms with Crippen molar-refractivity contribution in [1.29, 1.82) is 0 Å². The molecule has 0 bridgehead atoms. The predicted octanol–water partition coefficient (Wildman–Crippen LogP) is 2.71. The molecule has 0 aliphatic rings. The Morgan fingerprint density at radius 1 is 1.24 bits per heavy atom. The quantitative estimate of drug-likeness (QED) is 0.624. The second kappa shape index (κ2) is 8.14. The van der Waals surface area contributed by atoms with Crippen LogP contribution in [0.3, 0.4) is 0 Å². The number of nitrogens with two attached hydrogens (primary N) is 1. The Hall–Kier alpha value is -1.00. The van der Waals surface area contributed by atoms with Crippen LogP contribution in [0.1, 0.15) is 13.8 Å². The summed E-state index contributed by atoms with van der Waals surface area (Å²) in [6.07, 6.45) is 0. The fourth-order valence-electron chi connectivity index (χ4n) is 1.48. The summed E-state index contributed by atoms with van der Waals surface area (Å²) in [5.41, 5.74) is 6.79. The van der Waals surface area contributed by atoms with Crippen LogP contribution in [0.4, 0.5) is 5.69 Å². The number of para-hydroxylation sites is 1. The highest BCUT2D eigenvalue weighted by molar-refractivity contribution is 8.13. The minimum Gasteiger partial charge on any atom is -0.378 e. The number of rotatable bonds is 6. The van der Waals surface area contributed by atoms with E-state index in [2.05, 4.69) is 23.7 Å². The number of thioether (sulfide) groups is 1. The van der Waals surface area contributed by atoms with Crippen molar-refractivity contribution in [2.75, 3.05) is 25.4 Å². The Bertz CT molecular complexity index is 334. The summed E-state index contributed by atoms with van der Waals surface area (Å²) >= 11 is 1.62. The van der Waals surface area contributed by atoms with Gasteiger partial charge in [-0.2, -0.15) is 0 Å². The van der Waals surface area contributed by atoms with Gasteiger partial charge in [0.1, 0.15) is 0 Å². The molecular weight excluding hydrogens is 230 g/mol. The molecule has 0 atom stereocenters. The fourth-order valence-corrected chi connectivity index (χ4v) is 2.21. The maximum absolute atomic E-state index is 5.87. The van der Waals surface area contributed by atoms with Gasteiger partial charge in [0, 0.05) is 12.3 Å². The van der Waals surface area contributed by atoms with Crippen LogP contribution in [0.25, 0.3) is 0 Å². The highest BCUT2D eigenvalue weighted by Gasteiger charge is 2.00. The molecule has 1 aromatic rings. The zero-order chi connectivity index (χ0) is 12.5. The smallest absolute Gasteiger partial charge is 0.159 e. The molecule has 0 spiro atoms. The summed E-state index contributed by atoms with van der Waals surface area (Å²) in [5, 5.41) is 0.642. The number of hydrogen-bond acceptors (Lipinski definition) is 3. The molecule has 94 valence electrons. The standard InChI is InChI=1S/C13H21N3S/c1-3-16(4-2)10-11-17-13(14)15-12-8-6-5-7-9-12/h5-9H,3-4,10-11H2,1-2H3,(H2,14,15). The Morgan fingerprint density at radius 3 is 2.47 bits per heavy atom. The third kappa shape index (κ3) is 5.75. The Morgan fingerprint density at radius 2 is 1.88 bits per heavy atom. The van der Waals surface area contributed by atoms with E-state index in [9.17, 15) is 0 Å². The van der Waals surface area contributed by atoms with Crippen LogP contribution in [0.5, 0.6) is 0 Å². The van der Waals surface area contributed by atoms with E-state index < -0.39 is 0 Å². The molecular formula is C13H21N3S. The van der Waals surface area contributed by atoms with E-state index in [0.29, 0.717) is 5.17 Å². The molecule has 17 heavy (non-hydrogen) atoms. The van der Waals surface area contributed by atoms with Gasteiger partial charge < -0.3 is 10.6 Å². The monoisotopic (exact) mass is 251 g/mol. The van der Waals surface area contributed by atoms with Gasteiger partial charge in [-0.05, 0) is 25.2 Å². The van der Waals surface area contributed by atoms with Crippen molar-refractivity contribution in [3.8, 4) is 0 Å². The van der Waals surface area contributed by atoms with Gasteiger partial charge in [-0.25, -0.2) is 4.99 Å². The zero-order valence-electron chi connectivity index (χ0n) is 10.6. The van der Waals surface area contributed by atoms with E-state index >= 15 is 0 Å². The lowest BCUT2D eigenvalue weighted by atomic mass is 10.3. The van der Waals surface area contributed by atoms with Gasteiger partial charge in [-0.15, -0.1) is 0 Å². The SMILES string of the molecule is CCN(CC)CCSC(N)=Nc1ccccc1. The highest BCUT2D eigenvalue weighted by Crippen LogP contribution is 2.12. The highest BCUT2D eigenvalue weighted by atomic mass is 32.2. The Labute approximate surface area is 108 Å². The third-order valence-corrected chi connectivity index (χ3v) is 3.32. The van der Waals surface area contributed by atoms with Crippen molar-refractivity contribution in [2.45, 2.75) is 13.8 Å². The molecule has 1 rings (SSSR count). The largest absolute Gasteiger partial charge is 0.378 e. The molecule has 1 aromatic carbocycles. The fraction of sp³-hybridized carbons (Fsp3) is 0.462. The van der Waals surface area contributed by atoms with E-state index in [4.69, 9.17) is 5.73 Å². The van der Waals surface area contributed by atoms with E-state index in [1.54, 1.807) is 11.8 Å². The van der Waals surface area contributed by atoms with Crippen molar-refractivity contribution in [1.82, 2.24) is 4.90 Å². The van der Waals surface area contributed by atoms with Gasteiger partial charge in [0.05, 0.1) is 5.69 Å². The van der Waals surface area contributed by atoms with E-state index in [1.165, 1.54) is 0 Å². The average molecular weight is 251 g/mol. The van der Waals surface area contributed by atoms with Gasteiger partial charge in [-0.1, -0.05) is 43.8 Å². The summed E-state index contributed by atoms with van der Waals surface area (Å²) in [6, 6.07) is 9.82. The van der Waals surface area contributed by atoms with Gasteiger partial charge in [0.25, 0.3) is 0 Å². The summed E-state index contributed by atoms with van der Waals surface area (Å²) in [5.74, 6) is 0.990. The van der Waals surface area contributed by atoms with E-state index in [-0.39, 0.29) is 0 Å². The first-order chi connectivity index (χ1) is 8.26. The molecule has 0 saturated carbocycles. The molecule has 0 aliphatic heterocycles. The average Bonchev–Trinajstić information content (AvgIpc) is 2.36. The van der Waals surface area contributed by atoms with Gasteiger partial charge in [0.2, 0.25) is 0 Å². The summed E-state index contributed by atoms with van der Waals surface area (Å²) < 4.78 is 0. The number of nitrogens with zero attached hydrogens (tertiary/aromatic N) is 2. The number of amidine groups is 1. The first-order valence-electron chi connectivity index (χ1n) is 6.00. The van der Waals surface area contributed by atoms with Gasteiger partial charge >= 0.3 is 0 Å². The lowest BCUT2D eigenvalue weighted by Crippen LogP contribution is -2.26. The first-order valence-corrected chi connectivity index (χ1v) is 6.99. The minimum atomic E-state index is 0.642. The molecule has 0 amide bonds. The first kappa shape index (κ1) is 14.1. The van der Waals surface area contributed by atoms with Crippen molar-refractivity contribution in [2.24, 2.45) is 10.7 Å². The van der Waals surface area contributed by atoms with Crippen LogP contribution in [0.2, 0.25) is 0 Å². The number of hydrogen-bond donors (Lipinski definition) is 1. The Kier molecular flexibility index (Phi) is 6.74. The summed E-state index contributed by atoms with van der Waals surface area (Å²) in [4.78, 5) is 6.72. The van der Waals surface area contributed by atoms with Gasteiger partial charge in [0.15, 0.2) is 5.17 Å². The van der Waals surface area contributed by atoms with E-state index in [0.717, 1.165) is 31.1 Å². The molecule has 0 aromatic heterocycles. The Balaban J connectivity index is 2.34. The van der Waals surface area contributed by atoms with Crippen LogP contribution in [-0.4, -0.2) is 35.5 Å². The second-order valence-electron chi connectivity index (χ2n) is 3.66. The molecule has 0 unspecified atom stereocenters. The minimum absolute atomic E-state index is 0.642. The summed E-state index contributed by atoms with van der Waals surface area (Å²) in [6.45, 7) is 7.59. The lowest BCUT2D eigenvalue weighted by Gasteiger charge is -2.16. The van der Waals surface area contributed by atoms with Crippen molar-refractivity contribution < 1.29 is 0 Å². The zero-order valence-corrected chi connectivity index (χ0v) is 11.4. The van der Waals surface area contributed by atoms with Crippen molar-refractivity contribution >= 4 is 22.6 Å². The maximum atomic E-state index is 5.87. The molecule has 0 saturated heterocycles. The topological polar surface area (TPSA) is 41.6 Å². The second-order valence-corrected chi connectivity index (χ2v) is 4.78. The molecule has 0 radical (unpaired) electrons. The molecule has 4 heteroatoms. The van der Waals surface area contributed by atoms with Crippen LogP contribution in [0, 0.1) is 0 Å². The lowest BCUT2D eigenvalue weighted by molar-refractivity contribution is 0.324. The maximum Gasteiger partial charge on any atom is 0.159 e. The molecule has 0 aliphatic carbocycles. The molecule has 2 N–H and O–H groups in total. The van der Waals surface area contributed by atoms with E-state index in [1.807, 2.05) is 30.3 Å². The van der Waals surface area contributed by atoms with Crippen LogP contribution in [0.15, 0.2) is 35.3 Å². The normalized spacial score (nSPS) is 12.1. The van der Waals surface area contributed by atoms with Crippen LogP contribution < -0.4 is 5.73 Å². The molecule has 0 fully saturated rings. The third-order valence-electron chi connectivity index (χ3n) is 2.55. The van der Waals surface area contributed by atoms with Crippen LogP contribution in [-0.2, 0) is 0 Å².